The summed E-state index contributed by atoms with van der Waals surface area (Å²) in [5, 5.41) is 0. The van der Waals surface area contributed by atoms with Crippen LogP contribution in [0.5, 0.6) is 0 Å². The molecule has 0 unspecified atom stereocenters. The lowest BCUT2D eigenvalue weighted by Crippen LogP contribution is -2.54. The van der Waals surface area contributed by atoms with Crippen LogP contribution in [0.15, 0.2) is 0 Å². The molecule has 1 heteroatoms. The zero-order valence-electron chi connectivity index (χ0n) is 8.38. The molecule has 13 heavy (non-hydrogen) atoms. The van der Waals surface area contributed by atoms with Crippen LogP contribution >= 0.6 is 0 Å². The quantitative estimate of drug-likeness (QED) is 0.554. The molecule has 0 N–H and O–H groups in total. The lowest BCUT2D eigenvalue weighted by Gasteiger charge is -2.55. The van der Waals surface area contributed by atoms with Crippen molar-refractivity contribution in [2.75, 3.05) is 0 Å². The van der Waals surface area contributed by atoms with Crippen LogP contribution in [0.2, 0.25) is 0 Å². The smallest absolute Gasteiger partial charge is 0.0643 e. The van der Waals surface area contributed by atoms with Gasteiger partial charge in [-0.05, 0) is 49.9 Å². The Kier molecular flexibility index (Phi) is 1.03. The standard InChI is InChI=1S/C12H18O/c1-11-7-9-3-5-12(11)4-2-8(11)6-10(12)13-9/h8-10H,2-7H2,1H3/t8-,9-,10-,11+,12-/m0/s1. The lowest BCUT2D eigenvalue weighted by atomic mass is 9.56. The van der Waals surface area contributed by atoms with E-state index < -0.39 is 0 Å². The second-order valence-corrected chi connectivity index (χ2v) is 6.03. The molecule has 3 saturated carbocycles. The Bertz CT molecular complexity index is 274. The third-order valence-corrected chi connectivity index (χ3v) is 6.01. The monoisotopic (exact) mass is 178 g/mol. The number of fused-ring (bicyclic) bond motifs is 1. The molecule has 5 aliphatic rings. The van der Waals surface area contributed by atoms with Gasteiger partial charge in [0, 0.05) is 5.41 Å². The van der Waals surface area contributed by atoms with Crippen molar-refractivity contribution in [1.29, 1.82) is 0 Å². The van der Waals surface area contributed by atoms with Crippen LogP contribution in [0.1, 0.15) is 45.4 Å². The number of rotatable bonds is 0. The Balaban J connectivity index is 1.93. The largest absolute Gasteiger partial charge is 0.374 e. The van der Waals surface area contributed by atoms with E-state index >= 15 is 0 Å². The predicted molar refractivity (Wildman–Crippen MR) is 50.4 cm³/mol. The van der Waals surface area contributed by atoms with E-state index in [9.17, 15) is 0 Å². The second-order valence-electron chi connectivity index (χ2n) is 6.03. The molecule has 5 fully saturated rings. The Labute approximate surface area is 79.8 Å². The van der Waals surface area contributed by atoms with Gasteiger partial charge >= 0.3 is 0 Å². The molecule has 0 amide bonds. The van der Waals surface area contributed by atoms with Gasteiger partial charge in [-0.25, -0.2) is 0 Å². The zero-order valence-corrected chi connectivity index (χ0v) is 8.38. The fourth-order valence-electron chi connectivity index (χ4n) is 5.30. The number of hydrogen-bond acceptors (Lipinski definition) is 1. The van der Waals surface area contributed by atoms with Crippen molar-refractivity contribution >= 4 is 0 Å². The third kappa shape index (κ3) is 0.562. The van der Waals surface area contributed by atoms with Crippen molar-refractivity contribution in [3.63, 3.8) is 0 Å². The van der Waals surface area contributed by atoms with Gasteiger partial charge in [0.2, 0.25) is 0 Å². The molecule has 5 rings (SSSR count). The van der Waals surface area contributed by atoms with E-state index in [4.69, 9.17) is 4.74 Å². The van der Waals surface area contributed by atoms with Crippen LogP contribution in [0.4, 0.5) is 0 Å². The van der Waals surface area contributed by atoms with Crippen molar-refractivity contribution < 1.29 is 4.74 Å². The maximum Gasteiger partial charge on any atom is 0.0643 e. The Morgan fingerprint density at radius 3 is 2.85 bits per heavy atom. The van der Waals surface area contributed by atoms with E-state index in [-0.39, 0.29) is 0 Å². The van der Waals surface area contributed by atoms with Crippen LogP contribution in [0.3, 0.4) is 0 Å². The Hall–Kier alpha value is -0.0400. The third-order valence-electron chi connectivity index (χ3n) is 6.01. The minimum atomic E-state index is 0.639. The highest BCUT2D eigenvalue weighted by Gasteiger charge is 2.71. The normalized spacial score (nSPS) is 67.6. The number of hydrogen-bond donors (Lipinski definition) is 0. The summed E-state index contributed by atoms with van der Waals surface area (Å²) in [6.45, 7) is 2.57. The van der Waals surface area contributed by atoms with Gasteiger partial charge in [0.1, 0.15) is 0 Å². The Morgan fingerprint density at radius 2 is 2.08 bits per heavy atom. The van der Waals surface area contributed by atoms with Gasteiger partial charge in [0.15, 0.2) is 0 Å². The zero-order chi connectivity index (χ0) is 8.68. The first-order chi connectivity index (χ1) is 6.25. The molecule has 72 valence electrons. The van der Waals surface area contributed by atoms with Crippen molar-refractivity contribution in [3.8, 4) is 0 Å². The summed E-state index contributed by atoms with van der Waals surface area (Å²) < 4.78 is 6.17. The van der Waals surface area contributed by atoms with E-state index in [1.54, 1.807) is 0 Å². The number of ether oxygens (including phenoxy) is 1. The maximum atomic E-state index is 6.17. The molecule has 5 atom stereocenters. The lowest BCUT2D eigenvalue weighted by molar-refractivity contribution is -0.200. The molecule has 3 aliphatic carbocycles. The summed E-state index contributed by atoms with van der Waals surface area (Å²) in [5.74, 6) is 1.02. The summed E-state index contributed by atoms with van der Waals surface area (Å²) in [6.07, 6.45) is 9.91. The first-order valence-electron chi connectivity index (χ1n) is 5.90. The maximum absolute atomic E-state index is 6.17. The van der Waals surface area contributed by atoms with E-state index in [2.05, 4.69) is 6.92 Å². The van der Waals surface area contributed by atoms with Crippen LogP contribution < -0.4 is 0 Å². The summed E-state index contributed by atoms with van der Waals surface area (Å²) in [7, 11) is 0. The average Bonchev–Trinajstić information content (AvgIpc) is 2.49. The molecule has 1 spiro atoms. The van der Waals surface area contributed by atoms with Crippen molar-refractivity contribution in [3.05, 3.63) is 0 Å². The van der Waals surface area contributed by atoms with Gasteiger partial charge in [-0.2, -0.15) is 0 Å². The molecule has 5 bridgehead atoms. The van der Waals surface area contributed by atoms with Crippen molar-refractivity contribution in [2.24, 2.45) is 16.7 Å². The van der Waals surface area contributed by atoms with Crippen LogP contribution in [0.25, 0.3) is 0 Å². The minimum absolute atomic E-state index is 0.639. The first kappa shape index (κ1) is 7.28. The highest BCUT2D eigenvalue weighted by molar-refractivity contribution is 5.20. The Morgan fingerprint density at radius 1 is 1.23 bits per heavy atom. The van der Waals surface area contributed by atoms with Gasteiger partial charge < -0.3 is 4.74 Å². The van der Waals surface area contributed by atoms with Gasteiger partial charge in [-0.15, -0.1) is 0 Å². The topological polar surface area (TPSA) is 9.23 Å². The van der Waals surface area contributed by atoms with E-state index in [0.29, 0.717) is 23.0 Å². The molecule has 0 radical (unpaired) electrons. The molecule has 2 heterocycles. The van der Waals surface area contributed by atoms with Crippen LogP contribution in [-0.2, 0) is 4.74 Å². The van der Waals surface area contributed by atoms with Gasteiger partial charge in [0.05, 0.1) is 12.2 Å². The summed E-state index contributed by atoms with van der Waals surface area (Å²) in [6, 6.07) is 0. The molecule has 0 aromatic heterocycles. The molecular formula is C12H18O. The molecule has 1 nitrogen and oxygen atoms in total. The van der Waals surface area contributed by atoms with Crippen LogP contribution in [0, 0.1) is 16.7 Å². The van der Waals surface area contributed by atoms with Crippen LogP contribution in [-0.4, -0.2) is 12.2 Å². The summed E-state index contributed by atoms with van der Waals surface area (Å²) >= 11 is 0. The molecule has 2 saturated heterocycles. The van der Waals surface area contributed by atoms with E-state index in [1.165, 1.54) is 38.5 Å². The molecule has 0 aromatic rings. The highest BCUT2D eigenvalue weighted by atomic mass is 16.5. The SMILES string of the molecule is C[C@]12C[C@@H]3CC[C@]14CC[C@H]2C[C@@H]4O3. The first-order valence-corrected chi connectivity index (χ1v) is 5.90. The molecular weight excluding hydrogens is 160 g/mol. The molecule has 0 aromatic carbocycles. The van der Waals surface area contributed by atoms with Crippen molar-refractivity contribution in [1.82, 2.24) is 0 Å². The summed E-state index contributed by atoms with van der Waals surface area (Å²) in [5.41, 5.74) is 1.34. The predicted octanol–water partition coefficient (Wildman–Crippen LogP) is 2.74. The van der Waals surface area contributed by atoms with Gasteiger partial charge in [-0.3, -0.25) is 0 Å². The van der Waals surface area contributed by atoms with E-state index in [0.717, 1.165) is 5.92 Å². The summed E-state index contributed by atoms with van der Waals surface area (Å²) in [4.78, 5) is 0. The minimum Gasteiger partial charge on any atom is -0.374 e. The fraction of sp³-hybridized carbons (Fsp3) is 1.00. The fourth-order valence-corrected chi connectivity index (χ4v) is 5.30. The highest BCUT2D eigenvalue weighted by Crippen LogP contribution is 2.75. The van der Waals surface area contributed by atoms with E-state index in [1.807, 2.05) is 0 Å². The van der Waals surface area contributed by atoms with Gasteiger partial charge in [0.25, 0.3) is 0 Å². The van der Waals surface area contributed by atoms with Crippen molar-refractivity contribution in [2.45, 2.75) is 57.7 Å². The second kappa shape index (κ2) is 1.84. The molecule has 2 aliphatic heterocycles. The average molecular weight is 178 g/mol. The van der Waals surface area contributed by atoms with Gasteiger partial charge in [-0.1, -0.05) is 6.92 Å².